The van der Waals surface area contributed by atoms with E-state index in [1.54, 1.807) is 6.07 Å². The van der Waals surface area contributed by atoms with E-state index in [4.69, 9.17) is 11.6 Å². The van der Waals surface area contributed by atoms with Gasteiger partial charge in [0.1, 0.15) is 0 Å². The van der Waals surface area contributed by atoms with Crippen molar-refractivity contribution in [2.45, 2.75) is 27.3 Å². The molecule has 22 heavy (non-hydrogen) atoms. The second-order valence-electron chi connectivity index (χ2n) is 5.75. The van der Waals surface area contributed by atoms with Crippen molar-refractivity contribution in [2.24, 2.45) is 5.92 Å². The molecule has 0 unspecified atom stereocenters. The summed E-state index contributed by atoms with van der Waals surface area (Å²) in [5.41, 5.74) is 1.25. The minimum atomic E-state index is -0.672. The average molecular weight is 319 g/mol. The molecule has 0 saturated carbocycles. The molecular weight excluding hydrogens is 304 g/mol. The van der Waals surface area contributed by atoms with Gasteiger partial charge in [-0.05, 0) is 30.5 Å². The summed E-state index contributed by atoms with van der Waals surface area (Å²) in [5, 5.41) is 0.610. The maximum absolute atomic E-state index is 12.0. The van der Waals surface area contributed by atoms with Crippen LogP contribution in [0, 0.1) is 12.8 Å². The molecule has 0 radical (unpaired) electrons. The van der Waals surface area contributed by atoms with Crippen LogP contribution in [0.15, 0.2) is 21.7 Å². The Bertz CT molecular complexity index is 958. The molecule has 0 fully saturated rings. The number of nitrogens with one attached hydrogen (secondary N) is 1. The summed E-state index contributed by atoms with van der Waals surface area (Å²) in [6.45, 7) is 6.58. The molecular formula is C15H15ClN4O2. The first-order valence-electron chi connectivity index (χ1n) is 6.97. The lowest BCUT2D eigenvalue weighted by Gasteiger charge is -2.18. The van der Waals surface area contributed by atoms with Gasteiger partial charge in [-0.15, -0.1) is 0 Å². The molecule has 1 aromatic carbocycles. The normalized spacial score (nSPS) is 11.7. The first kappa shape index (κ1) is 14.7. The number of halogens is 1. The molecule has 0 saturated heterocycles. The number of hydrogen-bond donors (Lipinski definition) is 1. The van der Waals surface area contributed by atoms with Crippen molar-refractivity contribution < 1.29 is 0 Å². The van der Waals surface area contributed by atoms with Gasteiger partial charge in [-0.1, -0.05) is 25.4 Å². The molecule has 2 aliphatic rings. The van der Waals surface area contributed by atoms with Crippen LogP contribution in [0.25, 0.3) is 22.6 Å². The third kappa shape index (κ3) is 2.39. The fraction of sp³-hybridized carbons (Fsp3) is 0.333. The van der Waals surface area contributed by atoms with Crippen molar-refractivity contribution in [1.82, 2.24) is 19.5 Å². The summed E-state index contributed by atoms with van der Waals surface area (Å²) in [5.74, 6) is 0.588. The van der Waals surface area contributed by atoms with Gasteiger partial charge >= 0.3 is 5.69 Å². The highest BCUT2D eigenvalue weighted by Crippen LogP contribution is 2.26. The number of aromatic nitrogens is 4. The van der Waals surface area contributed by atoms with Gasteiger partial charge in [-0.25, -0.2) is 9.78 Å². The predicted octanol–water partition coefficient (Wildman–Crippen LogP) is 2.20. The molecule has 0 bridgehead atoms. The third-order valence-corrected chi connectivity index (χ3v) is 3.84. The van der Waals surface area contributed by atoms with E-state index in [1.807, 2.05) is 31.4 Å². The van der Waals surface area contributed by atoms with Gasteiger partial charge in [0.2, 0.25) is 0 Å². The Morgan fingerprint density at radius 1 is 1.27 bits per heavy atom. The number of H-pyrrole nitrogens is 1. The van der Waals surface area contributed by atoms with E-state index >= 15 is 0 Å². The molecule has 2 heterocycles. The topological polar surface area (TPSA) is 80.6 Å². The second kappa shape index (κ2) is 5.21. The van der Waals surface area contributed by atoms with Gasteiger partial charge in [0.15, 0.2) is 11.5 Å². The predicted molar refractivity (Wildman–Crippen MR) is 85.6 cm³/mol. The Morgan fingerprint density at radius 3 is 2.68 bits per heavy atom. The lowest BCUT2D eigenvalue weighted by Crippen LogP contribution is -2.29. The number of fused-ring (bicyclic) bond motifs is 2. The standard InChI is InChI=1S/C15H15ClN4O2/c1-7(2)6-20-11-5-9(16)8(3)4-10(11)17-12-13(20)18-15(22)19-14(12)21/h4-5,7H,6H2,1-3H3,(H,19,21,22). The Labute approximate surface area is 131 Å². The van der Waals surface area contributed by atoms with Crippen LogP contribution in [0.5, 0.6) is 0 Å². The quantitative estimate of drug-likeness (QED) is 0.734. The molecule has 0 atom stereocenters. The minimum Gasteiger partial charge on any atom is -0.322 e. The third-order valence-electron chi connectivity index (χ3n) is 3.44. The SMILES string of the molecule is Cc1cc2nc3c(=O)[nH]c(=O)nc-3n(CC(C)C)c2cc1Cl. The first-order chi connectivity index (χ1) is 10.4. The zero-order valence-electron chi connectivity index (χ0n) is 12.5. The monoisotopic (exact) mass is 318 g/mol. The van der Waals surface area contributed by atoms with Crippen molar-refractivity contribution in [3.63, 3.8) is 0 Å². The zero-order valence-corrected chi connectivity index (χ0v) is 13.2. The number of aromatic amines is 1. The molecule has 1 aromatic rings. The smallest absolute Gasteiger partial charge is 0.322 e. The van der Waals surface area contributed by atoms with Crippen LogP contribution < -0.4 is 11.2 Å². The van der Waals surface area contributed by atoms with Crippen LogP contribution >= 0.6 is 11.6 Å². The van der Waals surface area contributed by atoms with Crippen LogP contribution in [0.1, 0.15) is 19.4 Å². The lowest BCUT2D eigenvalue weighted by atomic mass is 10.1. The fourth-order valence-electron chi connectivity index (χ4n) is 2.47. The molecule has 3 rings (SSSR count). The van der Waals surface area contributed by atoms with E-state index < -0.39 is 11.2 Å². The summed E-state index contributed by atoms with van der Waals surface area (Å²) in [6.07, 6.45) is 0. The molecule has 1 N–H and O–H groups in total. The largest absolute Gasteiger partial charge is 0.349 e. The molecule has 2 aliphatic heterocycles. The number of nitrogens with zero attached hydrogens (tertiary/aromatic N) is 3. The van der Waals surface area contributed by atoms with Crippen LogP contribution in [-0.2, 0) is 6.54 Å². The zero-order chi connectivity index (χ0) is 16.0. The van der Waals surface area contributed by atoms with Crippen LogP contribution in [0.2, 0.25) is 5.02 Å². The van der Waals surface area contributed by atoms with E-state index in [2.05, 4.69) is 15.0 Å². The van der Waals surface area contributed by atoms with Crippen molar-refractivity contribution in [3.8, 4) is 11.5 Å². The molecule has 0 aliphatic carbocycles. The van der Waals surface area contributed by atoms with E-state index in [1.165, 1.54) is 0 Å². The van der Waals surface area contributed by atoms with Gasteiger partial charge in [0.25, 0.3) is 5.56 Å². The van der Waals surface area contributed by atoms with Crippen molar-refractivity contribution >= 4 is 22.6 Å². The molecule has 114 valence electrons. The summed E-state index contributed by atoms with van der Waals surface area (Å²) in [6, 6.07) is 3.63. The molecule has 0 spiro atoms. The molecule has 0 amide bonds. The Balaban J connectivity index is 2.53. The lowest BCUT2D eigenvalue weighted by molar-refractivity contribution is 0.530. The Morgan fingerprint density at radius 2 is 2.00 bits per heavy atom. The maximum atomic E-state index is 12.0. The van der Waals surface area contributed by atoms with Gasteiger partial charge in [-0.3, -0.25) is 9.78 Å². The summed E-state index contributed by atoms with van der Waals surface area (Å²) in [7, 11) is 0. The Kier molecular flexibility index (Phi) is 3.48. The highest BCUT2D eigenvalue weighted by atomic mass is 35.5. The van der Waals surface area contributed by atoms with Gasteiger partial charge in [0, 0.05) is 11.6 Å². The first-order valence-corrected chi connectivity index (χ1v) is 7.35. The maximum Gasteiger partial charge on any atom is 0.349 e. The second-order valence-corrected chi connectivity index (χ2v) is 6.16. The summed E-state index contributed by atoms with van der Waals surface area (Å²) < 4.78 is 1.84. The number of rotatable bonds is 2. The fourth-order valence-corrected chi connectivity index (χ4v) is 2.63. The summed E-state index contributed by atoms with van der Waals surface area (Å²) >= 11 is 6.22. The number of aryl methyl sites for hydroxylation is 1. The van der Waals surface area contributed by atoms with E-state index in [9.17, 15) is 9.59 Å². The van der Waals surface area contributed by atoms with Crippen molar-refractivity contribution in [2.75, 3.05) is 0 Å². The van der Waals surface area contributed by atoms with Crippen molar-refractivity contribution in [1.29, 1.82) is 0 Å². The average Bonchev–Trinajstić information content (AvgIpc) is 2.41. The van der Waals surface area contributed by atoms with Crippen LogP contribution in [0.3, 0.4) is 0 Å². The van der Waals surface area contributed by atoms with Gasteiger partial charge in [0.05, 0.1) is 11.0 Å². The van der Waals surface area contributed by atoms with Crippen molar-refractivity contribution in [3.05, 3.63) is 43.6 Å². The van der Waals surface area contributed by atoms with Gasteiger partial charge in [-0.2, -0.15) is 4.98 Å². The van der Waals surface area contributed by atoms with Gasteiger partial charge < -0.3 is 4.57 Å². The molecule has 0 aromatic heterocycles. The molecule has 7 heteroatoms. The molecule has 6 nitrogen and oxygen atoms in total. The minimum absolute atomic E-state index is 0.162. The van der Waals surface area contributed by atoms with E-state index in [0.717, 1.165) is 11.1 Å². The highest BCUT2D eigenvalue weighted by Gasteiger charge is 2.19. The summed E-state index contributed by atoms with van der Waals surface area (Å²) in [4.78, 5) is 34.1. The number of benzene rings is 1. The van der Waals surface area contributed by atoms with Crippen LogP contribution in [0.4, 0.5) is 0 Å². The van der Waals surface area contributed by atoms with E-state index in [-0.39, 0.29) is 11.5 Å². The Hall–Kier alpha value is -2.21. The van der Waals surface area contributed by atoms with Crippen LogP contribution in [-0.4, -0.2) is 19.5 Å². The number of hydrogen-bond acceptors (Lipinski definition) is 4. The highest BCUT2D eigenvalue weighted by molar-refractivity contribution is 6.32. The van der Waals surface area contributed by atoms with E-state index in [0.29, 0.717) is 23.0 Å².